The molecule has 0 spiro atoms. The van der Waals surface area contributed by atoms with Gasteiger partial charge in [0.05, 0.1) is 12.6 Å². The van der Waals surface area contributed by atoms with Gasteiger partial charge in [-0.05, 0) is 51.3 Å². The molecule has 1 aromatic carbocycles. The second kappa shape index (κ2) is 8.11. The van der Waals surface area contributed by atoms with Crippen molar-refractivity contribution in [3.63, 3.8) is 0 Å². The first-order valence-electron chi connectivity index (χ1n) is 8.28. The van der Waals surface area contributed by atoms with Gasteiger partial charge in [0, 0.05) is 16.6 Å². The molecule has 1 amide bonds. The van der Waals surface area contributed by atoms with Crippen LogP contribution in [0.25, 0.3) is 0 Å². The van der Waals surface area contributed by atoms with E-state index in [1.807, 2.05) is 31.2 Å². The van der Waals surface area contributed by atoms with Crippen molar-refractivity contribution in [3.8, 4) is 0 Å². The molecular formula is C18H27BrN2O. The maximum Gasteiger partial charge on any atom is 0.234 e. The lowest BCUT2D eigenvalue weighted by Gasteiger charge is -2.32. The Morgan fingerprint density at radius 2 is 1.82 bits per heavy atom. The van der Waals surface area contributed by atoms with Crippen LogP contribution < -0.4 is 5.32 Å². The van der Waals surface area contributed by atoms with Gasteiger partial charge in [-0.25, -0.2) is 0 Å². The third kappa shape index (κ3) is 4.82. The minimum Gasteiger partial charge on any atom is -0.348 e. The Hall–Kier alpha value is -0.870. The Labute approximate surface area is 142 Å². The number of hydrogen-bond donors (Lipinski definition) is 1. The predicted molar refractivity (Wildman–Crippen MR) is 94.8 cm³/mol. The Morgan fingerprint density at radius 3 is 2.36 bits per heavy atom. The van der Waals surface area contributed by atoms with Crippen LogP contribution >= 0.6 is 15.9 Å². The van der Waals surface area contributed by atoms with Crippen molar-refractivity contribution in [1.29, 1.82) is 0 Å². The van der Waals surface area contributed by atoms with E-state index in [-0.39, 0.29) is 11.9 Å². The van der Waals surface area contributed by atoms with Crippen molar-refractivity contribution in [2.75, 3.05) is 6.54 Å². The molecule has 1 saturated carbocycles. The fraction of sp³-hybridized carbons (Fsp3) is 0.611. The lowest BCUT2D eigenvalue weighted by Crippen LogP contribution is -2.46. The molecule has 22 heavy (non-hydrogen) atoms. The molecule has 1 atom stereocenters. The van der Waals surface area contributed by atoms with Gasteiger partial charge in [0.1, 0.15) is 0 Å². The Morgan fingerprint density at radius 1 is 1.23 bits per heavy atom. The first kappa shape index (κ1) is 17.5. The fourth-order valence-electron chi connectivity index (χ4n) is 3.26. The molecule has 0 aromatic heterocycles. The number of hydrogen-bond acceptors (Lipinski definition) is 2. The molecule has 1 aliphatic carbocycles. The lowest BCUT2D eigenvalue weighted by molar-refractivity contribution is -0.124. The van der Waals surface area contributed by atoms with Crippen molar-refractivity contribution < 1.29 is 4.79 Å². The number of benzene rings is 1. The molecule has 0 radical (unpaired) electrons. The summed E-state index contributed by atoms with van der Waals surface area (Å²) in [6.45, 7) is 6.91. The summed E-state index contributed by atoms with van der Waals surface area (Å²) in [6, 6.07) is 9.15. The second-order valence-corrected chi connectivity index (χ2v) is 7.46. The van der Waals surface area contributed by atoms with E-state index >= 15 is 0 Å². The van der Waals surface area contributed by atoms with Gasteiger partial charge in [-0.2, -0.15) is 0 Å². The van der Waals surface area contributed by atoms with E-state index in [0.717, 1.165) is 10.0 Å². The van der Waals surface area contributed by atoms with E-state index in [9.17, 15) is 4.79 Å². The monoisotopic (exact) mass is 366 g/mol. The molecule has 1 unspecified atom stereocenters. The van der Waals surface area contributed by atoms with Gasteiger partial charge in [0.25, 0.3) is 0 Å². The highest BCUT2D eigenvalue weighted by atomic mass is 79.9. The number of halogens is 1. The highest BCUT2D eigenvalue weighted by molar-refractivity contribution is 9.10. The highest BCUT2D eigenvalue weighted by Crippen LogP contribution is 2.25. The molecule has 0 heterocycles. The van der Waals surface area contributed by atoms with E-state index in [1.165, 1.54) is 25.7 Å². The van der Waals surface area contributed by atoms with Crippen LogP contribution in [0.3, 0.4) is 0 Å². The zero-order valence-corrected chi connectivity index (χ0v) is 15.4. The smallest absolute Gasteiger partial charge is 0.234 e. The van der Waals surface area contributed by atoms with Crippen LogP contribution in [0, 0.1) is 0 Å². The van der Waals surface area contributed by atoms with Gasteiger partial charge >= 0.3 is 0 Å². The summed E-state index contributed by atoms with van der Waals surface area (Å²) in [4.78, 5) is 14.8. The predicted octanol–water partition coefficient (Wildman–Crippen LogP) is 4.28. The number of nitrogens with one attached hydrogen (secondary N) is 1. The summed E-state index contributed by atoms with van der Waals surface area (Å²) in [6.07, 6.45) is 5.05. The van der Waals surface area contributed by atoms with E-state index in [1.54, 1.807) is 0 Å². The minimum absolute atomic E-state index is 0.0400. The Bertz CT molecular complexity index is 480. The van der Waals surface area contributed by atoms with Crippen LogP contribution in [0.1, 0.15) is 58.1 Å². The van der Waals surface area contributed by atoms with Gasteiger partial charge < -0.3 is 5.32 Å². The molecule has 0 aliphatic heterocycles. The van der Waals surface area contributed by atoms with Gasteiger partial charge in [0.2, 0.25) is 5.91 Å². The summed E-state index contributed by atoms with van der Waals surface area (Å²) in [5, 5.41) is 3.13. The molecule has 0 bridgehead atoms. The lowest BCUT2D eigenvalue weighted by atomic mass is 10.1. The molecule has 1 aromatic rings. The first-order chi connectivity index (χ1) is 10.5. The fourth-order valence-corrected chi connectivity index (χ4v) is 3.52. The number of rotatable bonds is 6. The standard InChI is InChI=1S/C18H27BrN2O/c1-13(2)21(17-6-4-5-7-17)12-18(22)20-14(3)15-8-10-16(19)11-9-15/h8-11,13-14,17H,4-7,12H2,1-3H3,(H,20,22). The van der Waals surface area contributed by atoms with Crippen LogP contribution in [0.2, 0.25) is 0 Å². The summed E-state index contributed by atoms with van der Waals surface area (Å²) in [5.74, 6) is 0.121. The molecule has 122 valence electrons. The maximum absolute atomic E-state index is 12.4. The summed E-state index contributed by atoms with van der Waals surface area (Å²) in [5.41, 5.74) is 1.13. The largest absolute Gasteiger partial charge is 0.348 e. The number of carbonyl (C=O) groups is 1. The third-order valence-electron chi connectivity index (χ3n) is 4.53. The normalized spacial score (nSPS) is 17.2. The van der Waals surface area contributed by atoms with Crippen molar-refractivity contribution in [2.24, 2.45) is 0 Å². The topological polar surface area (TPSA) is 32.3 Å². The number of carbonyl (C=O) groups excluding carboxylic acids is 1. The highest BCUT2D eigenvalue weighted by Gasteiger charge is 2.26. The van der Waals surface area contributed by atoms with Crippen molar-refractivity contribution in [3.05, 3.63) is 34.3 Å². The summed E-state index contributed by atoms with van der Waals surface area (Å²) < 4.78 is 1.06. The van der Waals surface area contributed by atoms with E-state index in [0.29, 0.717) is 18.6 Å². The van der Waals surface area contributed by atoms with E-state index in [4.69, 9.17) is 0 Å². The van der Waals surface area contributed by atoms with E-state index in [2.05, 4.69) is 40.0 Å². The zero-order chi connectivity index (χ0) is 16.1. The van der Waals surface area contributed by atoms with Gasteiger partial charge in [0.15, 0.2) is 0 Å². The van der Waals surface area contributed by atoms with Crippen LogP contribution in [0.5, 0.6) is 0 Å². The van der Waals surface area contributed by atoms with Crippen molar-refractivity contribution in [2.45, 2.75) is 64.6 Å². The van der Waals surface area contributed by atoms with Crippen LogP contribution in [-0.2, 0) is 4.79 Å². The molecule has 1 N–H and O–H groups in total. The van der Waals surface area contributed by atoms with Gasteiger partial charge in [-0.3, -0.25) is 9.69 Å². The quantitative estimate of drug-likeness (QED) is 0.814. The van der Waals surface area contributed by atoms with Crippen LogP contribution in [0.4, 0.5) is 0 Å². The zero-order valence-electron chi connectivity index (χ0n) is 13.8. The number of nitrogens with zero attached hydrogens (tertiary/aromatic N) is 1. The number of amides is 1. The maximum atomic E-state index is 12.4. The molecule has 2 rings (SSSR count). The molecule has 0 saturated heterocycles. The SMILES string of the molecule is CC(NC(=O)CN(C(C)C)C1CCCC1)c1ccc(Br)cc1. The Kier molecular flexibility index (Phi) is 6.45. The van der Waals surface area contributed by atoms with Crippen LogP contribution in [0.15, 0.2) is 28.7 Å². The molecule has 3 nitrogen and oxygen atoms in total. The summed E-state index contributed by atoms with van der Waals surface area (Å²) in [7, 11) is 0. The Balaban J connectivity index is 1.91. The molecule has 1 aliphatic rings. The molecular weight excluding hydrogens is 340 g/mol. The second-order valence-electron chi connectivity index (χ2n) is 6.55. The minimum atomic E-state index is 0.0400. The van der Waals surface area contributed by atoms with Gasteiger partial charge in [-0.1, -0.05) is 40.9 Å². The average molecular weight is 367 g/mol. The van der Waals surface area contributed by atoms with Crippen molar-refractivity contribution in [1.82, 2.24) is 10.2 Å². The first-order valence-corrected chi connectivity index (χ1v) is 9.07. The summed E-state index contributed by atoms with van der Waals surface area (Å²) >= 11 is 3.44. The van der Waals surface area contributed by atoms with Crippen molar-refractivity contribution >= 4 is 21.8 Å². The average Bonchev–Trinajstić information content (AvgIpc) is 2.99. The van der Waals surface area contributed by atoms with E-state index < -0.39 is 0 Å². The third-order valence-corrected chi connectivity index (χ3v) is 5.06. The molecule has 1 fully saturated rings. The molecule has 4 heteroatoms. The van der Waals surface area contributed by atoms with Crippen LogP contribution in [-0.4, -0.2) is 29.4 Å². The van der Waals surface area contributed by atoms with Gasteiger partial charge in [-0.15, -0.1) is 0 Å².